The Bertz CT molecular complexity index is 515. The molecule has 0 unspecified atom stereocenters. The van der Waals surface area contributed by atoms with Gasteiger partial charge in [0.25, 0.3) is 0 Å². The zero-order valence-corrected chi connectivity index (χ0v) is 13.0. The normalized spacial score (nSPS) is 10.5. The molecule has 1 aromatic rings. The molecule has 22 heavy (non-hydrogen) atoms. The van der Waals surface area contributed by atoms with E-state index in [0.29, 0.717) is 19.1 Å². The van der Waals surface area contributed by atoms with E-state index in [1.165, 1.54) is 19.2 Å². The minimum Gasteiger partial charge on any atom is -0.490 e. The van der Waals surface area contributed by atoms with E-state index >= 15 is 0 Å². The first-order chi connectivity index (χ1) is 10.5. The molecule has 0 radical (unpaired) electrons. The lowest BCUT2D eigenvalue weighted by Gasteiger charge is -2.08. The van der Waals surface area contributed by atoms with Crippen molar-refractivity contribution in [1.82, 2.24) is 0 Å². The number of esters is 1. The fourth-order valence-electron chi connectivity index (χ4n) is 1.66. The largest absolute Gasteiger partial charge is 0.490 e. The first-order valence-electron chi connectivity index (χ1n) is 7.03. The molecular formula is C15H21NO6. The van der Waals surface area contributed by atoms with Crippen LogP contribution in [-0.2, 0) is 9.47 Å². The van der Waals surface area contributed by atoms with Crippen molar-refractivity contribution >= 4 is 11.7 Å². The zero-order chi connectivity index (χ0) is 16.5. The van der Waals surface area contributed by atoms with Gasteiger partial charge < -0.3 is 14.2 Å². The van der Waals surface area contributed by atoms with Gasteiger partial charge in [-0.2, -0.15) is 0 Å². The molecule has 0 aliphatic heterocycles. The third-order valence-electron chi connectivity index (χ3n) is 2.91. The van der Waals surface area contributed by atoms with Crippen LogP contribution in [-0.4, -0.2) is 37.8 Å². The van der Waals surface area contributed by atoms with Crippen LogP contribution < -0.4 is 4.74 Å². The van der Waals surface area contributed by atoms with E-state index in [4.69, 9.17) is 14.2 Å². The van der Waals surface area contributed by atoms with Gasteiger partial charge in [-0.25, -0.2) is 4.79 Å². The summed E-state index contributed by atoms with van der Waals surface area (Å²) in [4.78, 5) is 22.1. The number of hydrogen-bond acceptors (Lipinski definition) is 6. The molecule has 0 amide bonds. The van der Waals surface area contributed by atoms with Crippen LogP contribution in [0.15, 0.2) is 18.2 Å². The number of carbonyl (C=O) groups excluding carboxylic acids is 1. The SMILES string of the molecule is COc1ccc(C(=O)OCCOCCC(C)C)cc1[N+](=O)[O-]. The number of benzene rings is 1. The third-order valence-corrected chi connectivity index (χ3v) is 2.91. The van der Waals surface area contributed by atoms with Gasteiger partial charge in [0.05, 0.1) is 24.2 Å². The lowest BCUT2D eigenvalue weighted by Crippen LogP contribution is -2.12. The number of carbonyl (C=O) groups is 1. The zero-order valence-electron chi connectivity index (χ0n) is 13.0. The van der Waals surface area contributed by atoms with Gasteiger partial charge in [0.2, 0.25) is 0 Å². The van der Waals surface area contributed by atoms with E-state index in [1.54, 1.807) is 0 Å². The van der Waals surface area contributed by atoms with Gasteiger partial charge in [0.15, 0.2) is 5.75 Å². The van der Waals surface area contributed by atoms with Crippen LogP contribution in [0.1, 0.15) is 30.6 Å². The van der Waals surface area contributed by atoms with Crippen molar-refractivity contribution in [2.24, 2.45) is 5.92 Å². The molecule has 0 heterocycles. The van der Waals surface area contributed by atoms with Gasteiger partial charge in [-0.15, -0.1) is 0 Å². The Balaban J connectivity index is 2.49. The van der Waals surface area contributed by atoms with Crippen molar-refractivity contribution in [3.8, 4) is 5.75 Å². The topological polar surface area (TPSA) is 87.9 Å². The first kappa shape index (κ1) is 17.9. The van der Waals surface area contributed by atoms with E-state index in [1.807, 2.05) is 0 Å². The van der Waals surface area contributed by atoms with Crippen LogP contribution in [0.5, 0.6) is 5.75 Å². The lowest BCUT2D eigenvalue weighted by molar-refractivity contribution is -0.385. The number of ether oxygens (including phenoxy) is 3. The van der Waals surface area contributed by atoms with Crippen molar-refractivity contribution in [3.05, 3.63) is 33.9 Å². The van der Waals surface area contributed by atoms with Gasteiger partial charge in [0.1, 0.15) is 6.61 Å². The van der Waals surface area contributed by atoms with Gasteiger partial charge in [0, 0.05) is 12.7 Å². The highest BCUT2D eigenvalue weighted by atomic mass is 16.6. The molecule has 0 aliphatic rings. The maximum absolute atomic E-state index is 11.8. The number of nitrogens with zero attached hydrogens (tertiary/aromatic N) is 1. The van der Waals surface area contributed by atoms with Gasteiger partial charge in [-0.1, -0.05) is 13.8 Å². The maximum atomic E-state index is 11.8. The molecule has 0 bridgehead atoms. The maximum Gasteiger partial charge on any atom is 0.338 e. The summed E-state index contributed by atoms with van der Waals surface area (Å²) in [5.41, 5.74) is -0.167. The summed E-state index contributed by atoms with van der Waals surface area (Å²) in [5, 5.41) is 10.9. The Morgan fingerprint density at radius 1 is 1.27 bits per heavy atom. The average molecular weight is 311 g/mol. The molecule has 0 aromatic heterocycles. The van der Waals surface area contributed by atoms with Crippen molar-refractivity contribution in [1.29, 1.82) is 0 Å². The standard InChI is InChI=1S/C15H21NO6/c1-11(2)6-7-21-8-9-22-15(17)12-4-5-14(20-3)13(10-12)16(18)19/h4-5,10-11H,6-9H2,1-3H3. The smallest absolute Gasteiger partial charge is 0.338 e. The highest BCUT2D eigenvalue weighted by Crippen LogP contribution is 2.27. The highest BCUT2D eigenvalue weighted by Gasteiger charge is 2.18. The second-order valence-electron chi connectivity index (χ2n) is 5.07. The van der Waals surface area contributed by atoms with Crippen molar-refractivity contribution < 1.29 is 23.9 Å². The summed E-state index contributed by atoms with van der Waals surface area (Å²) in [6.07, 6.45) is 0.943. The Morgan fingerprint density at radius 2 is 2.00 bits per heavy atom. The minimum absolute atomic E-state index is 0.0959. The van der Waals surface area contributed by atoms with Crippen LogP contribution in [0.2, 0.25) is 0 Å². The monoisotopic (exact) mass is 311 g/mol. The predicted octanol–water partition coefficient (Wildman–Crippen LogP) is 2.82. The second kappa shape index (κ2) is 8.99. The van der Waals surface area contributed by atoms with Crippen molar-refractivity contribution in [2.45, 2.75) is 20.3 Å². The second-order valence-corrected chi connectivity index (χ2v) is 5.07. The fraction of sp³-hybridized carbons (Fsp3) is 0.533. The Kier molecular flexibility index (Phi) is 7.31. The molecule has 0 fully saturated rings. The summed E-state index contributed by atoms with van der Waals surface area (Å²) >= 11 is 0. The summed E-state index contributed by atoms with van der Waals surface area (Å²) < 4.78 is 15.2. The molecular weight excluding hydrogens is 290 g/mol. The molecule has 0 aliphatic carbocycles. The fourth-order valence-corrected chi connectivity index (χ4v) is 1.66. The molecule has 7 heteroatoms. The highest BCUT2D eigenvalue weighted by molar-refractivity contribution is 5.90. The van der Waals surface area contributed by atoms with Crippen LogP contribution in [0.25, 0.3) is 0 Å². The summed E-state index contributed by atoms with van der Waals surface area (Å²) in [6, 6.07) is 3.93. The molecule has 0 spiro atoms. The quantitative estimate of drug-likeness (QED) is 0.301. The van der Waals surface area contributed by atoms with Crippen LogP contribution >= 0.6 is 0 Å². The molecule has 0 saturated heterocycles. The molecule has 0 saturated carbocycles. The number of nitro benzene ring substituents is 1. The summed E-state index contributed by atoms with van der Waals surface area (Å²) in [7, 11) is 1.33. The van der Waals surface area contributed by atoms with Crippen LogP contribution in [0, 0.1) is 16.0 Å². The number of hydrogen-bond donors (Lipinski definition) is 0. The Labute approximate surface area is 129 Å². The van der Waals surface area contributed by atoms with E-state index in [2.05, 4.69) is 13.8 Å². The predicted molar refractivity (Wildman–Crippen MR) is 80.2 cm³/mol. The van der Waals surface area contributed by atoms with E-state index < -0.39 is 10.9 Å². The third kappa shape index (κ3) is 5.69. The van der Waals surface area contributed by atoms with Crippen LogP contribution in [0.4, 0.5) is 5.69 Å². The van der Waals surface area contributed by atoms with Gasteiger partial charge in [-0.3, -0.25) is 10.1 Å². The van der Waals surface area contributed by atoms with Gasteiger partial charge in [-0.05, 0) is 24.5 Å². The minimum atomic E-state index is -0.627. The average Bonchev–Trinajstić information content (AvgIpc) is 2.49. The molecule has 122 valence electrons. The van der Waals surface area contributed by atoms with E-state index in [-0.39, 0.29) is 23.6 Å². The lowest BCUT2D eigenvalue weighted by atomic mass is 10.1. The molecule has 1 aromatic carbocycles. The molecule has 0 atom stereocenters. The molecule has 7 nitrogen and oxygen atoms in total. The Morgan fingerprint density at radius 3 is 2.59 bits per heavy atom. The summed E-state index contributed by atoms with van der Waals surface area (Å²) in [6.45, 7) is 5.22. The number of nitro groups is 1. The van der Waals surface area contributed by atoms with Crippen molar-refractivity contribution in [3.63, 3.8) is 0 Å². The van der Waals surface area contributed by atoms with Gasteiger partial charge >= 0.3 is 11.7 Å². The van der Waals surface area contributed by atoms with Crippen molar-refractivity contribution in [2.75, 3.05) is 26.9 Å². The Hall–Kier alpha value is -2.15. The summed E-state index contributed by atoms with van der Waals surface area (Å²) in [5.74, 6) is 0.0270. The van der Waals surface area contributed by atoms with Crippen LogP contribution in [0.3, 0.4) is 0 Å². The molecule has 1 rings (SSSR count). The first-order valence-corrected chi connectivity index (χ1v) is 7.03. The van der Waals surface area contributed by atoms with E-state index in [9.17, 15) is 14.9 Å². The van der Waals surface area contributed by atoms with E-state index in [0.717, 1.165) is 12.5 Å². The molecule has 0 N–H and O–H groups in total. The number of rotatable bonds is 9. The number of methoxy groups -OCH3 is 1.